The SMILES string of the molecule is CN[C@@H](C)C(=O)N[C@H](C(=O)N1C[C@@H](OC)C[C@H]1CN(CCc1ccccc1)C(=O)c1ccc(-c2ccc(C(=O)N(CCc3ccccc3)C[C@@H]3C[C@H](OC)CN3C(=O)[C@@H](NC(=O)[C@H](C)I)C3CCCCC3)cc2)cc1)C1CCCCC1. The van der Waals surface area contributed by atoms with Gasteiger partial charge in [0.1, 0.15) is 12.1 Å². The van der Waals surface area contributed by atoms with E-state index in [0.29, 0.717) is 76.1 Å². The first-order chi connectivity index (χ1) is 39.2. The summed E-state index contributed by atoms with van der Waals surface area (Å²) in [6, 6.07) is 32.9. The third-order valence-corrected chi connectivity index (χ3v) is 18.2. The summed E-state index contributed by atoms with van der Waals surface area (Å²) >= 11 is 2.10. The third-order valence-electron chi connectivity index (χ3n) is 17.6. The number of ether oxygens (including phenoxy) is 2. The van der Waals surface area contributed by atoms with Gasteiger partial charge in [-0.05, 0) is 131 Å². The summed E-state index contributed by atoms with van der Waals surface area (Å²) < 4.78 is 11.5. The van der Waals surface area contributed by atoms with Gasteiger partial charge in [0.2, 0.25) is 23.6 Å². The van der Waals surface area contributed by atoms with Crippen LogP contribution in [0.3, 0.4) is 0 Å². The molecule has 4 aromatic rings. The lowest BCUT2D eigenvalue weighted by molar-refractivity contribution is -0.140. The number of carbonyl (C=O) groups is 6. The molecule has 0 aromatic heterocycles. The molecule has 3 N–H and O–H groups in total. The lowest BCUT2D eigenvalue weighted by atomic mass is 9.83. The van der Waals surface area contributed by atoms with Crippen LogP contribution in [0.1, 0.15) is 123 Å². The number of likely N-dealkylation sites (tertiary alicyclic amines) is 2. The van der Waals surface area contributed by atoms with E-state index in [9.17, 15) is 28.8 Å². The summed E-state index contributed by atoms with van der Waals surface area (Å²) in [5.41, 5.74) is 4.99. The number of methoxy groups -OCH3 is 2. The summed E-state index contributed by atoms with van der Waals surface area (Å²) in [7, 11) is 5.06. The number of amides is 6. The maximum atomic E-state index is 14.8. The Bertz CT molecular complexity index is 2690. The first-order valence-electron chi connectivity index (χ1n) is 29.7. The van der Waals surface area contributed by atoms with Gasteiger partial charge in [0.15, 0.2) is 0 Å². The molecule has 436 valence electrons. The van der Waals surface area contributed by atoms with E-state index in [1.165, 1.54) is 0 Å². The Hall–Kier alpha value is -5.69. The van der Waals surface area contributed by atoms with E-state index in [1.54, 1.807) is 28.2 Å². The van der Waals surface area contributed by atoms with E-state index in [0.717, 1.165) is 86.5 Å². The molecular formula is C65H86IN7O8. The largest absolute Gasteiger partial charge is 0.380 e. The van der Waals surface area contributed by atoms with Gasteiger partial charge < -0.3 is 45.0 Å². The molecule has 16 heteroatoms. The maximum Gasteiger partial charge on any atom is 0.253 e. The molecule has 2 aliphatic heterocycles. The Balaban J connectivity index is 0.998. The maximum absolute atomic E-state index is 14.8. The highest BCUT2D eigenvalue weighted by molar-refractivity contribution is 14.1. The van der Waals surface area contributed by atoms with Gasteiger partial charge in [-0.3, -0.25) is 28.8 Å². The van der Waals surface area contributed by atoms with Crippen molar-refractivity contribution >= 4 is 58.0 Å². The number of hydrogen-bond acceptors (Lipinski definition) is 9. The molecule has 4 fully saturated rings. The molecule has 6 amide bonds. The van der Waals surface area contributed by atoms with E-state index >= 15 is 0 Å². The minimum Gasteiger partial charge on any atom is -0.380 e. The molecule has 8 atom stereocenters. The zero-order chi connectivity index (χ0) is 57.4. The van der Waals surface area contributed by atoms with Crippen LogP contribution in [-0.2, 0) is 41.5 Å². The smallest absolute Gasteiger partial charge is 0.253 e. The van der Waals surface area contributed by atoms with Gasteiger partial charge in [0.05, 0.1) is 34.3 Å². The molecule has 2 heterocycles. The number of hydrogen-bond donors (Lipinski definition) is 3. The fourth-order valence-electron chi connectivity index (χ4n) is 12.6. The molecule has 4 aromatic carbocycles. The predicted octanol–water partition coefficient (Wildman–Crippen LogP) is 8.52. The average molecular weight is 1220 g/mol. The summed E-state index contributed by atoms with van der Waals surface area (Å²) in [5, 5.41) is 9.30. The van der Waals surface area contributed by atoms with Crippen LogP contribution in [0.2, 0.25) is 0 Å². The fraction of sp³-hybridized carbons (Fsp3) is 0.538. The lowest BCUT2D eigenvalue weighted by Gasteiger charge is -2.36. The van der Waals surface area contributed by atoms with Crippen molar-refractivity contribution in [2.45, 2.75) is 150 Å². The van der Waals surface area contributed by atoms with Crippen LogP contribution in [-0.4, -0.2) is 162 Å². The zero-order valence-electron chi connectivity index (χ0n) is 48.2. The number of nitrogens with one attached hydrogen (secondary N) is 3. The second-order valence-corrected chi connectivity index (χ2v) is 24.9. The monoisotopic (exact) mass is 1220 g/mol. The summed E-state index contributed by atoms with van der Waals surface area (Å²) in [4.78, 5) is 93.2. The van der Waals surface area contributed by atoms with Gasteiger partial charge in [-0.15, -0.1) is 0 Å². The van der Waals surface area contributed by atoms with Crippen LogP contribution in [0, 0.1) is 11.8 Å². The molecule has 15 nitrogen and oxygen atoms in total. The number of carbonyl (C=O) groups excluding carboxylic acids is 6. The number of rotatable bonds is 24. The molecule has 8 rings (SSSR count). The Morgan fingerprint density at radius 1 is 0.556 bits per heavy atom. The second-order valence-electron chi connectivity index (χ2n) is 23.0. The van der Waals surface area contributed by atoms with Crippen LogP contribution in [0.5, 0.6) is 0 Å². The normalized spacial score (nSPS) is 21.2. The van der Waals surface area contributed by atoms with Crippen LogP contribution >= 0.6 is 22.6 Å². The highest BCUT2D eigenvalue weighted by Gasteiger charge is 2.44. The summed E-state index contributed by atoms with van der Waals surface area (Å²) in [6.45, 7) is 5.87. The molecule has 0 spiro atoms. The van der Waals surface area contributed by atoms with E-state index < -0.39 is 18.1 Å². The highest BCUT2D eigenvalue weighted by atomic mass is 127. The Labute approximate surface area is 494 Å². The minimum absolute atomic E-state index is 0.0274. The molecule has 81 heavy (non-hydrogen) atoms. The van der Waals surface area contributed by atoms with Crippen molar-refractivity contribution in [3.8, 4) is 11.1 Å². The zero-order valence-corrected chi connectivity index (χ0v) is 50.4. The summed E-state index contributed by atoms with van der Waals surface area (Å²) in [6.07, 6.45) is 11.8. The van der Waals surface area contributed by atoms with Crippen molar-refractivity contribution in [1.82, 2.24) is 35.6 Å². The minimum atomic E-state index is -0.668. The number of benzene rings is 4. The van der Waals surface area contributed by atoms with E-state index in [2.05, 4.69) is 62.8 Å². The third kappa shape index (κ3) is 16.3. The molecule has 4 aliphatic rings. The lowest BCUT2D eigenvalue weighted by Crippen LogP contribution is -2.57. The van der Waals surface area contributed by atoms with Crippen molar-refractivity contribution in [2.75, 3.05) is 60.5 Å². The number of halogens is 1. The topological polar surface area (TPSA) is 170 Å². The number of nitrogens with zero attached hydrogens (tertiary/aromatic N) is 4. The van der Waals surface area contributed by atoms with E-state index in [1.807, 2.05) is 111 Å². The van der Waals surface area contributed by atoms with Gasteiger partial charge >= 0.3 is 0 Å². The van der Waals surface area contributed by atoms with Crippen molar-refractivity contribution in [1.29, 1.82) is 0 Å². The van der Waals surface area contributed by atoms with Crippen LogP contribution in [0.25, 0.3) is 11.1 Å². The van der Waals surface area contributed by atoms with E-state index in [4.69, 9.17) is 9.47 Å². The first kappa shape index (κ1) is 61.4. The van der Waals surface area contributed by atoms with Crippen LogP contribution < -0.4 is 16.0 Å². The molecule has 2 aliphatic carbocycles. The van der Waals surface area contributed by atoms with Gasteiger partial charge in [-0.25, -0.2) is 0 Å². The van der Waals surface area contributed by atoms with Gasteiger partial charge in [0.25, 0.3) is 11.8 Å². The fourth-order valence-corrected chi connectivity index (χ4v) is 12.7. The van der Waals surface area contributed by atoms with Crippen molar-refractivity contribution in [3.63, 3.8) is 0 Å². The highest BCUT2D eigenvalue weighted by Crippen LogP contribution is 2.33. The number of likely N-dealkylation sites (N-methyl/N-ethyl adjacent to an activating group) is 1. The standard InChI is InChI=1S/C65H86IN7O8/c1-44(66)60(74)68-58(50-22-14-8-15-23-50)64(78)72-42-56(80-4)38-54(72)40-70(36-34-46-18-10-6-11-19-46)62(76)52-30-26-48(27-31-52)49-28-32-53(33-29-49)63(77)71(37-35-47-20-12-7-13-21-47)41-55-39-57(81-5)43-73(55)65(79)59(51-24-16-9-17-25-51)69-61(75)45(2)67-3/h6-7,10-13,18-21,26-33,44-45,50-51,54-59,67H,8-9,14-17,22-25,34-43H2,1-5H3,(H,68,74)(H,69,75)/t44-,45-,54-,55-,56-,57-,58-,59-/m0/s1. The first-order valence-corrected chi connectivity index (χ1v) is 30.9. The Morgan fingerprint density at radius 3 is 1.30 bits per heavy atom. The molecule has 0 bridgehead atoms. The van der Waals surface area contributed by atoms with Crippen molar-refractivity contribution in [2.24, 2.45) is 11.8 Å². The Morgan fingerprint density at radius 2 is 0.938 bits per heavy atom. The van der Waals surface area contributed by atoms with Crippen molar-refractivity contribution < 1.29 is 38.2 Å². The molecule has 0 radical (unpaired) electrons. The summed E-state index contributed by atoms with van der Waals surface area (Å²) in [5.74, 6) is -0.779. The average Bonchev–Trinajstić information content (AvgIpc) is 4.17. The molecule has 2 saturated heterocycles. The van der Waals surface area contributed by atoms with Crippen molar-refractivity contribution in [3.05, 3.63) is 131 Å². The van der Waals surface area contributed by atoms with Gasteiger partial charge in [-0.1, -0.05) is 146 Å². The second kappa shape index (κ2) is 30.0. The quantitative estimate of drug-likeness (QED) is 0.0460. The Kier molecular flexibility index (Phi) is 22.8. The van der Waals surface area contributed by atoms with Crippen LogP contribution in [0.4, 0.5) is 0 Å². The van der Waals surface area contributed by atoms with Crippen LogP contribution in [0.15, 0.2) is 109 Å². The van der Waals surface area contributed by atoms with Gasteiger partial charge in [-0.2, -0.15) is 0 Å². The number of alkyl halides is 1. The van der Waals surface area contributed by atoms with E-state index in [-0.39, 0.29) is 75.5 Å². The molecular weight excluding hydrogens is 1130 g/mol. The predicted molar refractivity (Wildman–Crippen MR) is 325 cm³/mol. The molecule has 0 unspecified atom stereocenters. The molecule has 2 saturated carbocycles. The van der Waals surface area contributed by atoms with Gasteiger partial charge in [0, 0.05) is 64.6 Å².